The molecule has 1 unspecified atom stereocenters. The Balaban J connectivity index is 1.65. The van der Waals surface area contributed by atoms with E-state index in [2.05, 4.69) is 15.6 Å². The molecular weight excluding hydrogens is 321 g/mol. The van der Waals surface area contributed by atoms with Gasteiger partial charge in [-0.2, -0.15) is 13.2 Å². The highest BCUT2D eigenvalue weighted by Gasteiger charge is 2.37. The molecule has 0 fully saturated rings. The summed E-state index contributed by atoms with van der Waals surface area (Å²) in [5, 5.41) is 5.43. The van der Waals surface area contributed by atoms with Crippen molar-refractivity contribution in [2.24, 2.45) is 0 Å². The summed E-state index contributed by atoms with van der Waals surface area (Å²) in [5.74, 6) is 0.402. The van der Waals surface area contributed by atoms with Crippen LogP contribution < -0.4 is 10.6 Å². The molecule has 2 aromatic rings. The Hall–Kier alpha value is -2.51. The van der Waals surface area contributed by atoms with Crippen molar-refractivity contribution in [3.05, 3.63) is 47.5 Å². The maximum absolute atomic E-state index is 13.0. The molecule has 0 radical (unpaired) electrons. The van der Waals surface area contributed by atoms with Crippen LogP contribution in [0.5, 0.6) is 0 Å². The number of alkyl halides is 3. The minimum atomic E-state index is -4.45. The minimum absolute atomic E-state index is 0.0609. The van der Waals surface area contributed by atoms with E-state index in [4.69, 9.17) is 0 Å². The summed E-state index contributed by atoms with van der Waals surface area (Å²) >= 11 is 0. The smallest absolute Gasteiger partial charge is 0.333 e. The van der Waals surface area contributed by atoms with E-state index >= 15 is 0 Å². The fourth-order valence-electron chi connectivity index (χ4n) is 2.85. The molecule has 1 atom stereocenters. The zero-order valence-electron chi connectivity index (χ0n) is 13.0. The predicted molar refractivity (Wildman–Crippen MR) is 82.7 cm³/mol. The number of nitrogens with one attached hydrogen (secondary N) is 2. The summed E-state index contributed by atoms with van der Waals surface area (Å²) in [6.07, 6.45) is -2.65. The van der Waals surface area contributed by atoms with Crippen molar-refractivity contribution in [3.63, 3.8) is 0 Å². The maximum Gasteiger partial charge on any atom is 0.433 e. The molecule has 0 spiro atoms. The Kier molecular flexibility index (Phi) is 4.21. The largest absolute Gasteiger partial charge is 0.433 e. The summed E-state index contributed by atoms with van der Waals surface area (Å²) in [5.41, 5.74) is 0.869. The summed E-state index contributed by atoms with van der Waals surface area (Å²) in [7, 11) is 0. The van der Waals surface area contributed by atoms with Gasteiger partial charge in [-0.15, -0.1) is 0 Å². The molecule has 1 aliphatic heterocycles. The molecule has 0 saturated heterocycles. The zero-order chi connectivity index (χ0) is 17.3. The van der Waals surface area contributed by atoms with Gasteiger partial charge in [0.1, 0.15) is 11.5 Å². The Bertz CT molecular complexity index is 754. The quantitative estimate of drug-likeness (QED) is 0.882. The van der Waals surface area contributed by atoms with E-state index in [1.54, 1.807) is 6.07 Å². The number of aromatic nitrogens is 2. The molecule has 3 rings (SSSR count). The number of rotatable bonds is 2. The molecule has 8 heteroatoms. The Morgan fingerprint density at radius 1 is 1.38 bits per heavy atom. The Morgan fingerprint density at radius 3 is 2.88 bits per heavy atom. The van der Waals surface area contributed by atoms with Crippen LogP contribution in [0.3, 0.4) is 0 Å². The van der Waals surface area contributed by atoms with Crippen LogP contribution in [-0.4, -0.2) is 21.6 Å². The average molecular weight is 338 g/mol. The van der Waals surface area contributed by atoms with Crippen molar-refractivity contribution in [1.29, 1.82) is 0 Å². The summed E-state index contributed by atoms with van der Waals surface area (Å²) in [6.45, 7) is 1.97. The molecular formula is C16H17F3N4O. The van der Waals surface area contributed by atoms with Gasteiger partial charge in [0.2, 0.25) is 0 Å². The van der Waals surface area contributed by atoms with E-state index in [1.165, 1.54) is 0 Å². The lowest BCUT2D eigenvalue weighted by Crippen LogP contribution is -2.43. The van der Waals surface area contributed by atoms with Gasteiger partial charge in [0.05, 0.1) is 6.20 Å². The first-order valence-electron chi connectivity index (χ1n) is 7.59. The monoisotopic (exact) mass is 338 g/mol. The van der Waals surface area contributed by atoms with Crippen LogP contribution in [0.1, 0.15) is 23.5 Å². The third-order valence-corrected chi connectivity index (χ3v) is 3.96. The van der Waals surface area contributed by atoms with Crippen molar-refractivity contribution in [1.82, 2.24) is 14.9 Å². The lowest BCUT2D eigenvalue weighted by Gasteiger charge is -2.26. The highest BCUT2D eigenvalue weighted by molar-refractivity contribution is 5.89. The molecule has 0 bridgehead atoms. The number of nitrogens with zero attached hydrogens (tertiary/aromatic N) is 2. The number of anilines is 1. The van der Waals surface area contributed by atoms with Crippen LogP contribution in [0.25, 0.3) is 0 Å². The van der Waals surface area contributed by atoms with Crippen LogP contribution in [0.2, 0.25) is 0 Å². The molecule has 1 aliphatic rings. The van der Waals surface area contributed by atoms with E-state index < -0.39 is 17.9 Å². The van der Waals surface area contributed by atoms with Crippen LogP contribution in [0.15, 0.2) is 30.5 Å². The van der Waals surface area contributed by atoms with Gasteiger partial charge in [0.25, 0.3) is 0 Å². The van der Waals surface area contributed by atoms with Gasteiger partial charge in [-0.05, 0) is 31.0 Å². The Morgan fingerprint density at radius 2 is 2.17 bits per heavy atom. The molecule has 1 aromatic heterocycles. The number of fused-ring (bicyclic) bond motifs is 1. The second-order valence-corrected chi connectivity index (χ2v) is 5.87. The zero-order valence-corrected chi connectivity index (χ0v) is 13.0. The number of urea groups is 1. The number of carbonyl (C=O) groups excluding carboxylic acids is 1. The second-order valence-electron chi connectivity index (χ2n) is 5.87. The highest BCUT2D eigenvalue weighted by atomic mass is 19.4. The fraction of sp³-hybridized carbons (Fsp3) is 0.375. The molecule has 1 aromatic carbocycles. The summed E-state index contributed by atoms with van der Waals surface area (Å²) < 4.78 is 40.0. The fourth-order valence-corrected chi connectivity index (χ4v) is 2.85. The van der Waals surface area contributed by atoms with E-state index in [0.29, 0.717) is 24.4 Å². The first-order valence-corrected chi connectivity index (χ1v) is 7.59. The van der Waals surface area contributed by atoms with Gasteiger partial charge < -0.3 is 15.2 Å². The van der Waals surface area contributed by atoms with Gasteiger partial charge in [0.15, 0.2) is 0 Å². The summed E-state index contributed by atoms with van der Waals surface area (Å²) in [6, 6.07) is 6.49. The highest BCUT2D eigenvalue weighted by Crippen LogP contribution is 2.31. The van der Waals surface area contributed by atoms with Crippen molar-refractivity contribution in [2.75, 3.05) is 5.32 Å². The number of imidazole rings is 1. The van der Waals surface area contributed by atoms with E-state index in [1.807, 2.05) is 25.1 Å². The minimum Gasteiger partial charge on any atom is -0.333 e. The number of hydrogen-bond donors (Lipinski definition) is 2. The number of carbonyl (C=O) groups is 1. The molecule has 2 N–H and O–H groups in total. The van der Waals surface area contributed by atoms with Gasteiger partial charge in [0, 0.05) is 24.7 Å². The maximum atomic E-state index is 13.0. The van der Waals surface area contributed by atoms with Crippen molar-refractivity contribution in [3.8, 4) is 0 Å². The SMILES string of the molecule is Cc1cccc(NC(=O)NC2CCc3ncc(C(F)(F)F)n3C2)c1. The standard InChI is InChI=1S/C16H17F3N4O/c1-10-3-2-4-11(7-10)21-15(24)22-12-5-6-14-20-8-13(16(17,18)19)23(14)9-12/h2-4,7-8,12H,5-6,9H2,1H3,(H2,21,22,24). The first kappa shape index (κ1) is 16.4. The van der Waals surface area contributed by atoms with Gasteiger partial charge in [-0.25, -0.2) is 9.78 Å². The van der Waals surface area contributed by atoms with E-state index in [-0.39, 0.29) is 12.6 Å². The van der Waals surface area contributed by atoms with Crippen molar-refractivity contribution in [2.45, 2.75) is 38.5 Å². The number of aryl methyl sites for hydroxylation is 2. The third-order valence-electron chi connectivity index (χ3n) is 3.96. The van der Waals surface area contributed by atoms with Crippen LogP contribution in [0, 0.1) is 6.92 Å². The van der Waals surface area contributed by atoms with Crippen LogP contribution >= 0.6 is 0 Å². The normalized spacial score (nSPS) is 17.2. The van der Waals surface area contributed by atoms with E-state index in [9.17, 15) is 18.0 Å². The summed E-state index contributed by atoms with van der Waals surface area (Å²) in [4.78, 5) is 15.9. The molecule has 0 saturated carbocycles. The topological polar surface area (TPSA) is 59.0 Å². The average Bonchev–Trinajstić information content (AvgIpc) is 2.90. The van der Waals surface area contributed by atoms with Gasteiger partial charge in [-0.1, -0.05) is 12.1 Å². The number of amides is 2. The lowest BCUT2D eigenvalue weighted by atomic mass is 10.1. The van der Waals surface area contributed by atoms with Crippen molar-refractivity contribution < 1.29 is 18.0 Å². The van der Waals surface area contributed by atoms with E-state index in [0.717, 1.165) is 16.3 Å². The van der Waals surface area contributed by atoms with Gasteiger partial charge >= 0.3 is 12.2 Å². The van der Waals surface area contributed by atoms with Gasteiger partial charge in [-0.3, -0.25) is 0 Å². The molecule has 2 heterocycles. The molecule has 5 nitrogen and oxygen atoms in total. The second kappa shape index (κ2) is 6.18. The van der Waals surface area contributed by atoms with Crippen molar-refractivity contribution >= 4 is 11.7 Å². The predicted octanol–water partition coefficient (Wildman–Crippen LogP) is 3.35. The molecule has 0 aliphatic carbocycles. The number of benzene rings is 1. The first-order chi connectivity index (χ1) is 11.3. The molecule has 2 amide bonds. The Labute approximate surface area is 136 Å². The molecule has 24 heavy (non-hydrogen) atoms. The molecule has 128 valence electrons. The third kappa shape index (κ3) is 3.52. The number of hydrogen-bond acceptors (Lipinski definition) is 2. The van der Waals surface area contributed by atoms with Crippen LogP contribution in [-0.2, 0) is 19.1 Å². The number of halogens is 3. The van der Waals surface area contributed by atoms with Crippen LogP contribution in [0.4, 0.5) is 23.7 Å². The lowest BCUT2D eigenvalue weighted by molar-refractivity contribution is -0.144.